The summed E-state index contributed by atoms with van der Waals surface area (Å²) >= 11 is 0. The van der Waals surface area contributed by atoms with Gasteiger partial charge in [0.05, 0.1) is 7.11 Å². The Hall–Kier alpha value is -3.76. The zero-order valence-electron chi connectivity index (χ0n) is 20.8. The summed E-state index contributed by atoms with van der Waals surface area (Å²) in [5.41, 5.74) is -0.254. The van der Waals surface area contributed by atoms with E-state index in [4.69, 9.17) is 18.9 Å². The Morgan fingerprint density at radius 2 is 1.92 bits per heavy atom. The molecular weight excluding hydrogens is 490 g/mol. The smallest absolute Gasteiger partial charge is 0.329 e. The number of amides is 1. The Balaban J connectivity index is 1.81. The van der Waals surface area contributed by atoms with E-state index in [1.165, 1.54) is 19.4 Å². The van der Waals surface area contributed by atoms with Crippen molar-refractivity contribution in [2.45, 2.75) is 64.2 Å². The van der Waals surface area contributed by atoms with Gasteiger partial charge in [-0.05, 0) is 31.9 Å². The molecular formula is C26H30F2N2O7. The second kappa shape index (κ2) is 13.0. The summed E-state index contributed by atoms with van der Waals surface area (Å²) in [5, 5.41) is 2.57. The molecule has 4 unspecified atom stereocenters. The molecule has 4 atom stereocenters. The van der Waals surface area contributed by atoms with Crippen LogP contribution in [-0.2, 0) is 14.3 Å². The number of esters is 2. The second-order valence-electron chi connectivity index (χ2n) is 8.67. The molecule has 0 aliphatic carbocycles. The van der Waals surface area contributed by atoms with Crippen molar-refractivity contribution in [2.75, 3.05) is 7.11 Å². The van der Waals surface area contributed by atoms with Gasteiger partial charge < -0.3 is 24.3 Å². The van der Waals surface area contributed by atoms with Crippen LogP contribution in [0.15, 0.2) is 42.6 Å². The molecule has 0 radical (unpaired) electrons. The van der Waals surface area contributed by atoms with Crippen molar-refractivity contribution in [3.63, 3.8) is 0 Å². The lowest BCUT2D eigenvalue weighted by atomic mass is 9.89. The van der Waals surface area contributed by atoms with Crippen molar-refractivity contribution in [3.8, 4) is 17.2 Å². The van der Waals surface area contributed by atoms with Crippen molar-refractivity contribution >= 4 is 17.8 Å². The number of rotatable bonds is 8. The minimum absolute atomic E-state index is 0.108. The van der Waals surface area contributed by atoms with Crippen LogP contribution in [0, 0.1) is 5.92 Å². The van der Waals surface area contributed by atoms with Gasteiger partial charge in [-0.2, -0.15) is 0 Å². The predicted octanol–water partition coefficient (Wildman–Crippen LogP) is 3.95. The Kier molecular flexibility index (Phi) is 9.76. The van der Waals surface area contributed by atoms with Crippen molar-refractivity contribution in [1.82, 2.24) is 10.3 Å². The van der Waals surface area contributed by atoms with E-state index in [1.54, 1.807) is 37.3 Å². The quantitative estimate of drug-likeness (QED) is 0.521. The molecule has 1 saturated heterocycles. The number of nitrogens with zero attached hydrogens (tertiary/aromatic N) is 1. The Bertz CT molecular complexity index is 1080. The summed E-state index contributed by atoms with van der Waals surface area (Å²) in [5.74, 6) is -2.41. The maximum Gasteiger partial charge on any atom is 0.329 e. The van der Waals surface area contributed by atoms with Crippen LogP contribution in [-0.4, -0.2) is 54.6 Å². The number of nitrogens with one attached hydrogen (secondary N) is 1. The number of carbonyl (C=O) groups is 3. The first-order valence-electron chi connectivity index (χ1n) is 11.9. The van der Waals surface area contributed by atoms with Gasteiger partial charge in [0.2, 0.25) is 12.2 Å². The lowest BCUT2D eigenvalue weighted by Crippen LogP contribution is -2.45. The van der Waals surface area contributed by atoms with Gasteiger partial charge in [-0.3, -0.25) is 9.59 Å². The summed E-state index contributed by atoms with van der Waals surface area (Å²) in [7, 11) is 1.34. The second-order valence-corrected chi connectivity index (χ2v) is 8.67. The van der Waals surface area contributed by atoms with E-state index < -0.39 is 54.9 Å². The minimum Gasteiger partial charge on any atom is -0.493 e. The van der Waals surface area contributed by atoms with E-state index in [1.807, 2.05) is 0 Å². The lowest BCUT2D eigenvalue weighted by Gasteiger charge is -2.31. The summed E-state index contributed by atoms with van der Waals surface area (Å²) < 4.78 is 48.7. The Morgan fingerprint density at radius 1 is 1.19 bits per heavy atom. The molecule has 1 amide bonds. The monoisotopic (exact) mass is 520 g/mol. The van der Waals surface area contributed by atoms with E-state index in [0.29, 0.717) is 18.6 Å². The van der Waals surface area contributed by atoms with E-state index in [9.17, 15) is 23.2 Å². The lowest BCUT2D eigenvalue weighted by molar-refractivity contribution is -0.156. The molecule has 1 aromatic carbocycles. The molecule has 2 heterocycles. The fraction of sp³-hybridized carbons (Fsp3) is 0.462. The number of hydrogen-bond donors (Lipinski definition) is 1. The number of methoxy groups -OCH3 is 1. The molecule has 1 aliphatic heterocycles. The maximum atomic E-state index is 13.4. The molecule has 1 fully saturated rings. The van der Waals surface area contributed by atoms with Gasteiger partial charge in [-0.25, -0.2) is 18.6 Å². The predicted molar refractivity (Wildman–Crippen MR) is 128 cm³/mol. The fourth-order valence-electron chi connectivity index (χ4n) is 4.26. The molecule has 0 spiro atoms. The van der Waals surface area contributed by atoms with Gasteiger partial charge in [0.1, 0.15) is 24.0 Å². The molecule has 0 bridgehead atoms. The molecule has 1 N–H and O–H groups in total. The van der Waals surface area contributed by atoms with Crippen LogP contribution in [0.25, 0.3) is 0 Å². The van der Waals surface area contributed by atoms with Crippen molar-refractivity contribution in [3.05, 3.63) is 48.3 Å². The van der Waals surface area contributed by atoms with Gasteiger partial charge in [0.15, 0.2) is 11.4 Å². The standard InChI is InChI=1S/C26H30F2N2O7/c1-15-23(37-18-9-5-4-6-10-18)17(14-21(27)28)8-7-11-19(26(33)35-15)30-25(32)22-24(36-16(2)31)20(34-3)12-13-29-22/h4-6,9-10,12-13,15,17,19,21,23H,7-8,11,14H2,1-3H3,(H,30,32). The number of halogens is 2. The molecule has 2 aromatic rings. The van der Waals surface area contributed by atoms with Crippen LogP contribution < -0.4 is 19.5 Å². The highest BCUT2D eigenvalue weighted by Crippen LogP contribution is 2.32. The third-order valence-corrected chi connectivity index (χ3v) is 5.93. The first-order chi connectivity index (χ1) is 17.7. The largest absolute Gasteiger partial charge is 0.493 e. The van der Waals surface area contributed by atoms with Crippen LogP contribution in [0.5, 0.6) is 17.2 Å². The average Bonchev–Trinajstić information content (AvgIpc) is 2.90. The van der Waals surface area contributed by atoms with Crippen molar-refractivity contribution in [2.24, 2.45) is 5.92 Å². The third kappa shape index (κ3) is 7.61. The first kappa shape index (κ1) is 27.8. The topological polar surface area (TPSA) is 113 Å². The molecule has 1 aromatic heterocycles. The highest BCUT2D eigenvalue weighted by Gasteiger charge is 2.37. The number of ether oxygens (including phenoxy) is 4. The highest BCUT2D eigenvalue weighted by atomic mass is 19.3. The Labute approximate surface area is 213 Å². The minimum atomic E-state index is -2.56. The maximum absolute atomic E-state index is 13.4. The van der Waals surface area contributed by atoms with Crippen LogP contribution >= 0.6 is 0 Å². The van der Waals surface area contributed by atoms with Crippen LogP contribution in [0.1, 0.15) is 50.0 Å². The van der Waals surface area contributed by atoms with Crippen molar-refractivity contribution < 1.29 is 42.1 Å². The number of carbonyl (C=O) groups excluding carboxylic acids is 3. The zero-order chi connectivity index (χ0) is 26.9. The molecule has 200 valence electrons. The highest BCUT2D eigenvalue weighted by molar-refractivity contribution is 5.98. The third-order valence-electron chi connectivity index (χ3n) is 5.93. The number of para-hydroxylation sites is 1. The number of pyridine rings is 1. The van der Waals surface area contributed by atoms with E-state index in [0.717, 1.165) is 6.92 Å². The van der Waals surface area contributed by atoms with Gasteiger partial charge in [-0.1, -0.05) is 24.6 Å². The summed E-state index contributed by atoms with van der Waals surface area (Å²) in [4.78, 5) is 41.6. The molecule has 3 rings (SSSR count). The van der Waals surface area contributed by atoms with E-state index in [-0.39, 0.29) is 23.6 Å². The number of aromatic nitrogens is 1. The summed E-state index contributed by atoms with van der Waals surface area (Å²) in [6.45, 7) is 2.74. The SMILES string of the molecule is COc1ccnc(C(=O)NC2CCCC(CC(F)F)C(Oc3ccccc3)C(C)OC2=O)c1OC(C)=O. The van der Waals surface area contributed by atoms with Crippen molar-refractivity contribution in [1.29, 1.82) is 0 Å². The normalized spacial score (nSPS) is 22.2. The van der Waals surface area contributed by atoms with Gasteiger partial charge >= 0.3 is 11.9 Å². The molecule has 11 heteroatoms. The molecule has 0 saturated carbocycles. The van der Waals surface area contributed by atoms with Crippen LogP contribution in [0.2, 0.25) is 0 Å². The zero-order valence-corrected chi connectivity index (χ0v) is 20.8. The summed E-state index contributed by atoms with van der Waals surface area (Å²) in [6, 6.07) is 9.04. The average molecular weight is 521 g/mol. The number of cyclic esters (lactones) is 1. The van der Waals surface area contributed by atoms with E-state index in [2.05, 4.69) is 10.3 Å². The summed E-state index contributed by atoms with van der Waals surface area (Å²) in [6.07, 6.45) is -2.56. The fourth-order valence-corrected chi connectivity index (χ4v) is 4.26. The first-order valence-corrected chi connectivity index (χ1v) is 11.9. The number of hydrogen-bond acceptors (Lipinski definition) is 8. The molecule has 37 heavy (non-hydrogen) atoms. The van der Waals surface area contributed by atoms with Gasteiger partial charge in [0.25, 0.3) is 5.91 Å². The Morgan fingerprint density at radius 3 is 2.57 bits per heavy atom. The van der Waals surface area contributed by atoms with Crippen LogP contribution in [0.3, 0.4) is 0 Å². The number of benzene rings is 1. The van der Waals surface area contributed by atoms with Crippen LogP contribution in [0.4, 0.5) is 8.78 Å². The van der Waals surface area contributed by atoms with Gasteiger partial charge in [0, 0.05) is 31.5 Å². The number of alkyl halides is 2. The van der Waals surface area contributed by atoms with Gasteiger partial charge in [-0.15, -0.1) is 0 Å². The van der Waals surface area contributed by atoms with E-state index >= 15 is 0 Å². The molecule has 9 nitrogen and oxygen atoms in total. The molecule has 1 aliphatic rings.